The van der Waals surface area contributed by atoms with Crippen LogP contribution in [0.25, 0.3) is 0 Å². The molecular weight excluding hydrogens is 340 g/mol. The van der Waals surface area contributed by atoms with Gasteiger partial charge in [-0.15, -0.1) is 0 Å². The van der Waals surface area contributed by atoms with Crippen molar-refractivity contribution in [2.75, 3.05) is 13.7 Å². The number of methoxy groups -OCH3 is 1. The monoisotopic (exact) mass is 368 g/mol. The quantitative estimate of drug-likeness (QED) is 0.789. The number of ether oxygens (including phenoxy) is 1. The summed E-state index contributed by atoms with van der Waals surface area (Å²) in [6, 6.07) is 15.2. The first-order valence-corrected chi connectivity index (χ1v) is 9.02. The molecule has 0 radical (unpaired) electrons. The van der Waals surface area contributed by atoms with E-state index >= 15 is 0 Å². The van der Waals surface area contributed by atoms with Crippen molar-refractivity contribution in [1.82, 2.24) is 10.6 Å². The van der Waals surface area contributed by atoms with Gasteiger partial charge in [0, 0.05) is 19.2 Å². The lowest BCUT2D eigenvalue weighted by Crippen LogP contribution is -2.36. The summed E-state index contributed by atoms with van der Waals surface area (Å²) in [5.74, 6) is -0.493. The largest absolute Gasteiger partial charge is 0.380 e. The van der Waals surface area contributed by atoms with Gasteiger partial charge < -0.3 is 15.4 Å². The molecule has 2 amide bonds. The zero-order valence-electron chi connectivity index (χ0n) is 16.5. The number of benzene rings is 2. The summed E-state index contributed by atoms with van der Waals surface area (Å²) in [5, 5.41) is 5.48. The normalized spacial score (nSPS) is 11.1. The first-order chi connectivity index (χ1) is 12.8. The Morgan fingerprint density at radius 3 is 2.15 bits per heavy atom. The summed E-state index contributed by atoms with van der Waals surface area (Å²) in [4.78, 5) is 24.3. The zero-order chi connectivity index (χ0) is 19.9. The lowest BCUT2D eigenvalue weighted by atomic mass is 9.87. The van der Waals surface area contributed by atoms with Gasteiger partial charge in [-0.25, -0.2) is 0 Å². The smallest absolute Gasteiger partial charge is 0.251 e. The molecule has 0 aliphatic rings. The lowest BCUT2D eigenvalue weighted by Gasteiger charge is -2.19. The fourth-order valence-electron chi connectivity index (χ4n) is 2.67. The maximum absolute atomic E-state index is 12.2. The van der Waals surface area contributed by atoms with Gasteiger partial charge >= 0.3 is 0 Å². The molecule has 0 aliphatic heterocycles. The first-order valence-electron chi connectivity index (χ1n) is 9.02. The molecule has 27 heavy (non-hydrogen) atoms. The summed E-state index contributed by atoms with van der Waals surface area (Å²) in [7, 11) is 1.64. The first kappa shape index (κ1) is 20.6. The van der Waals surface area contributed by atoms with Gasteiger partial charge in [0.05, 0.1) is 13.2 Å². The third-order valence-electron chi connectivity index (χ3n) is 4.32. The Morgan fingerprint density at radius 2 is 1.56 bits per heavy atom. The molecule has 0 atom stereocenters. The number of hydrogen-bond donors (Lipinski definition) is 2. The Kier molecular flexibility index (Phi) is 7.13. The molecular formula is C22H28N2O3. The molecule has 2 rings (SSSR count). The van der Waals surface area contributed by atoms with Crippen molar-refractivity contribution < 1.29 is 14.3 Å². The summed E-state index contributed by atoms with van der Waals surface area (Å²) in [6.45, 7) is 7.19. The maximum Gasteiger partial charge on any atom is 0.251 e. The standard InChI is InChI=1S/C22H28N2O3/c1-22(2,3)19-11-9-16(10-12-19)21(26)24-14-20(25)23-13-17-7-5-6-8-18(17)15-27-4/h5-12H,13-15H2,1-4H3,(H,23,25)(H,24,26). The van der Waals surface area contributed by atoms with Gasteiger partial charge in [0.25, 0.3) is 5.91 Å². The van der Waals surface area contributed by atoms with Crippen molar-refractivity contribution in [2.45, 2.75) is 39.3 Å². The van der Waals surface area contributed by atoms with Crippen LogP contribution in [0.3, 0.4) is 0 Å². The topological polar surface area (TPSA) is 67.4 Å². The third kappa shape index (κ3) is 6.22. The van der Waals surface area contributed by atoms with E-state index in [9.17, 15) is 9.59 Å². The lowest BCUT2D eigenvalue weighted by molar-refractivity contribution is -0.120. The van der Waals surface area contributed by atoms with E-state index in [1.165, 1.54) is 0 Å². The van der Waals surface area contributed by atoms with Crippen LogP contribution in [0.15, 0.2) is 48.5 Å². The zero-order valence-corrected chi connectivity index (χ0v) is 16.5. The van der Waals surface area contributed by atoms with E-state index in [-0.39, 0.29) is 23.8 Å². The Bertz CT molecular complexity index is 777. The minimum atomic E-state index is -0.259. The number of carbonyl (C=O) groups is 2. The van der Waals surface area contributed by atoms with Crippen LogP contribution in [-0.4, -0.2) is 25.5 Å². The molecule has 0 saturated carbocycles. The average molecular weight is 368 g/mol. The second-order valence-electron chi connectivity index (χ2n) is 7.49. The molecule has 2 aromatic carbocycles. The van der Waals surface area contributed by atoms with Crippen LogP contribution in [0.2, 0.25) is 0 Å². The van der Waals surface area contributed by atoms with Crippen LogP contribution < -0.4 is 10.6 Å². The molecule has 0 aromatic heterocycles. The summed E-state index contributed by atoms with van der Waals surface area (Å²) in [6.07, 6.45) is 0. The van der Waals surface area contributed by atoms with E-state index in [1.807, 2.05) is 36.4 Å². The van der Waals surface area contributed by atoms with Crippen molar-refractivity contribution in [2.24, 2.45) is 0 Å². The molecule has 5 nitrogen and oxygen atoms in total. The molecule has 0 bridgehead atoms. The van der Waals surface area contributed by atoms with Crippen molar-refractivity contribution >= 4 is 11.8 Å². The highest BCUT2D eigenvalue weighted by molar-refractivity contribution is 5.96. The number of amides is 2. The van der Waals surface area contributed by atoms with Crippen molar-refractivity contribution in [3.63, 3.8) is 0 Å². The highest BCUT2D eigenvalue weighted by atomic mass is 16.5. The highest BCUT2D eigenvalue weighted by Crippen LogP contribution is 2.22. The Morgan fingerprint density at radius 1 is 0.926 bits per heavy atom. The van der Waals surface area contributed by atoms with Crippen LogP contribution in [0, 0.1) is 0 Å². The van der Waals surface area contributed by atoms with Gasteiger partial charge in [-0.05, 0) is 34.2 Å². The summed E-state index contributed by atoms with van der Waals surface area (Å²) in [5.41, 5.74) is 3.77. The Balaban J connectivity index is 1.84. The highest BCUT2D eigenvalue weighted by Gasteiger charge is 2.14. The van der Waals surface area contributed by atoms with E-state index in [0.29, 0.717) is 18.7 Å². The molecule has 0 unspecified atom stereocenters. The number of carbonyl (C=O) groups excluding carboxylic acids is 2. The van der Waals surface area contributed by atoms with Gasteiger partial charge in [-0.1, -0.05) is 57.2 Å². The third-order valence-corrected chi connectivity index (χ3v) is 4.32. The van der Waals surface area contributed by atoms with E-state index in [0.717, 1.165) is 16.7 Å². The van der Waals surface area contributed by atoms with Crippen LogP contribution >= 0.6 is 0 Å². The van der Waals surface area contributed by atoms with E-state index in [1.54, 1.807) is 19.2 Å². The number of hydrogen-bond acceptors (Lipinski definition) is 3. The molecule has 144 valence electrons. The second-order valence-corrected chi connectivity index (χ2v) is 7.49. The molecule has 0 aliphatic carbocycles. The van der Waals surface area contributed by atoms with Crippen molar-refractivity contribution in [1.29, 1.82) is 0 Å². The van der Waals surface area contributed by atoms with Crippen LogP contribution in [0.4, 0.5) is 0 Å². The Labute approximate surface area is 161 Å². The summed E-state index contributed by atoms with van der Waals surface area (Å²) >= 11 is 0. The van der Waals surface area contributed by atoms with E-state index in [4.69, 9.17) is 4.74 Å². The fourth-order valence-corrected chi connectivity index (χ4v) is 2.67. The minimum absolute atomic E-state index is 0.0357. The van der Waals surface area contributed by atoms with Gasteiger partial charge in [0.1, 0.15) is 0 Å². The van der Waals surface area contributed by atoms with E-state index in [2.05, 4.69) is 31.4 Å². The number of rotatable bonds is 7. The molecule has 0 heterocycles. The van der Waals surface area contributed by atoms with Crippen LogP contribution in [0.1, 0.15) is 47.8 Å². The average Bonchev–Trinajstić information content (AvgIpc) is 2.65. The second kappa shape index (κ2) is 9.33. The van der Waals surface area contributed by atoms with Crippen molar-refractivity contribution in [3.8, 4) is 0 Å². The fraction of sp³-hybridized carbons (Fsp3) is 0.364. The maximum atomic E-state index is 12.2. The number of nitrogens with one attached hydrogen (secondary N) is 2. The summed E-state index contributed by atoms with van der Waals surface area (Å²) < 4.78 is 5.16. The Hall–Kier alpha value is -2.66. The van der Waals surface area contributed by atoms with Gasteiger partial charge in [-0.2, -0.15) is 0 Å². The van der Waals surface area contributed by atoms with Gasteiger partial charge in [0.2, 0.25) is 5.91 Å². The minimum Gasteiger partial charge on any atom is -0.380 e. The SMILES string of the molecule is COCc1ccccc1CNC(=O)CNC(=O)c1ccc(C(C)(C)C)cc1. The van der Waals surface area contributed by atoms with Crippen LogP contribution in [-0.2, 0) is 28.1 Å². The van der Waals surface area contributed by atoms with Gasteiger partial charge in [0.15, 0.2) is 0 Å². The molecule has 2 aromatic rings. The molecule has 2 N–H and O–H groups in total. The molecule has 5 heteroatoms. The predicted octanol–water partition coefficient (Wildman–Crippen LogP) is 3.18. The molecule has 0 spiro atoms. The van der Waals surface area contributed by atoms with Gasteiger partial charge in [-0.3, -0.25) is 9.59 Å². The van der Waals surface area contributed by atoms with Crippen molar-refractivity contribution in [3.05, 3.63) is 70.8 Å². The van der Waals surface area contributed by atoms with Crippen LogP contribution in [0.5, 0.6) is 0 Å². The molecule has 0 fully saturated rings. The predicted molar refractivity (Wildman–Crippen MR) is 106 cm³/mol. The molecule has 0 saturated heterocycles. The van der Waals surface area contributed by atoms with E-state index < -0.39 is 0 Å².